The third-order valence-electron chi connectivity index (χ3n) is 6.17. The van der Waals surface area contributed by atoms with Gasteiger partial charge in [-0.2, -0.15) is 0 Å². The fourth-order valence-corrected chi connectivity index (χ4v) is 4.51. The molecule has 2 heterocycles. The van der Waals surface area contributed by atoms with Crippen molar-refractivity contribution in [1.82, 2.24) is 19.1 Å². The van der Waals surface area contributed by atoms with E-state index in [9.17, 15) is 9.18 Å². The molecule has 0 spiro atoms. The molecule has 1 aliphatic carbocycles. The fourth-order valence-electron chi connectivity index (χ4n) is 4.51. The zero-order valence-electron chi connectivity index (χ0n) is 18.6. The van der Waals surface area contributed by atoms with Gasteiger partial charge in [0, 0.05) is 24.0 Å². The third kappa shape index (κ3) is 4.27. The Balaban J connectivity index is 1.78. The molecule has 1 fully saturated rings. The summed E-state index contributed by atoms with van der Waals surface area (Å²) in [4.78, 5) is 22.5. The summed E-state index contributed by atoms with van der Waals surface area (Å²) >= 11 is 0. The van der Waals surface area contributed by atoms with Crippen LogP contribution in [0.25, 0.3) is 17.1 Å². The SMILES string of the molecule is Cc1c(-c2ccnc(NC3CCC(C)CC3)n2)n(-c2ccc(F)cc2)c(=O)n1C(C)C. The Morgan fingerprint density at radius 1 is 1.10 bits per heavy atom. The summed E-state index contributed by atoms with van der Waals surface area (Å²) in [5, 5.41) is 3.48. The highest BCUT2D eigenvalue weighted by Gasteiger charge is 2.23. The maximum atomic E-state index is 13.5. The van der Waals surface area contributed by atoms with E-state index in [1.54, 1.807) is 27.5 Å². The number of rotatable bonds is 5. The number of hydrogen-bond acceptors (Lipinski definition) is 4. The molecule has 2 aromatic heterocycles. The summed E-state index contributed by atoms with van der Waals surface area (Å²) in [6.45, 7) is 8.17. The Morgan fingerprint density at radius 2 is 1.77 bits per heavy atom. The zero-order valence-corrected chi connectivity index (χ0v) is 18.6. The summed E-state index contributed by atoms with van der Waals surface area (Å²) in [5.41, 5.74) is 2.63. The van der Waals surface area contributed by atoms with Gasteiger partial charge in [0.1, 0.15) is 5.82 Å². The number of hydrogen-bond donors (Lipinski definition) is 1. The summed E-state index contributed by atoms with van der Waals surface area (Å²) < 4.78 is 16.9. The highest BCUT2D eigenvalue weighted by Crippen LogP contribution is 2.28. The van der Waals surface area contributed by atoms with Crippen LogP contribution in [0.3, 0.4) is 0 Å². The second-order valence-corrected chi connectivity index (χ2v) is 8.86. The first-order chi connectivity index (χ1) is 14.8. The Hall–Kier alpha value is -2.96. The molecule has 0 amide bonds. The average Bonchev–Trinajstić information content (AvgIpc) is 3.01. The van der Waals surface area contributed by atoms with Crippen LogP contribution < -0.4 is 11.0 Å². The lowest BCUT2D eigenvalue weighted by Crippen LogP contribution is -2.26. The van der Waals surface area contributed by atoms with E-state index in [4.69, 9.17) is 4.98 Å². The molecule has 7 heteroatoms. The molecule has 3 aromatic rings. The van der Waals surface area contributed by atoms with E-state index in [0.717, 1.165) is 24.5 Å². The molecular formula is C24H30FN5O. The van der Waals surface area contributed by atoms with Crippen LogP contribution >= 0.6 is 0 Å². The van der Waals surface area contributed by atoms with Crippen molar-refractivity contribution in [2.45, 2.75) is 65.5 Å². The molecule has 1 aromatic carbocycles. The van der Waals surface area contributed by atoms with E-state index >= 15 is 0 Å². The molecule has 6 nitrogen and oxygen atoms in total. The van der Waals surface area contributed by atoms with Crippen LogP contribution in [-0.4, -0.2) is 25.1 Å². The van der Waals surface area contributed by atoms with Crippen LogP contribution in [0.15, 0.2) is 41.3 Å². The molecule has 1 saturated carbocycles. The molecule has 1 N–H and O–H groups in total. The first kappa shape index (κ1) is 21.3. The summed E-state index contributed by atoms with van der Waals surface area (Å²) in [7, 11) is 0. The van der Waals surface area contributed by atoms with Crippen molar-refractivity contribution < 1.29 is 4.39 Å². The van der Waals surface area contributed by atoms with Crippen LogP contribution in [0.5, 0.6) is 0 Å². The molecule has 0 atom stereocenters. The monoisotopic (exact) mass is 423 g/mol. The summed E-state index contributed by atoms with van der Waals surface area (Å²) in [5.74, 6) is 1.01. The van der Waals surface area contributed by atoms with Crippen molar-refractivity contribution in [2.24, 2.45) is 5.92 Å². The van der Waals surface area contributed by atoms with Crippen LogP contribution in [0, 0.1) is 18.7 Å². The van der Waals surface area contributed by atoms with Crippen molar-refractivity contribution >= 4 is 5.95 Å². The fraction of sp³-hybridized carbons (Fsp3) is 0.458. The molecule has 4 rings (SSSR count). The van der Waals surface area contributed by atoms with Gasteiger partial charge in [-0.05, 0) is 82.7 Å². The van der Waals surface area contributed by atoms with E-state index in [1.807, 2.05) is 26.8 Å². The third-order valence-corrected chi connectivity index (χ3v) is 6.17. The number of nitrogens with zero attached hydrogens (tertiary/aromatic N) is 4. The van der Waals surface area contributed by atoms with Crippen LogP contribution in [0.4, 0.5) is 10.3 Å². The molecule has 0 radical (unpaired) electrons. The van der Waals surface area contributed by atoms with Crippen molar-refractivity contribution in [3.63, 3.8) is 0 Å². The molecule has 1 aliphatic rings. The molecule has 0 aliphatic heterocycles. The second-order valence-electron chi connectivity index (χ2n) is 8.86. The number of anilines is 1. The minimum atomic E-state index is -0.339. The van der Waals surface area contributed by atoms with E-state index < -0.39 is 0 Å². The predicted octanol–water partition coefficient (Wildman–Crippen LogP) is 5.12. The van der Waals surface area contributed by atoms with Gasteiger partial charge in [0.05, 0.1) is 17.1 Å². The van der Waals surface area contributed by atoms with E-state index in [0.29, 0.717) is 29.1 Å². The summed E-state index contributed by atoms with van der Waals surface area (Å²) in [6.07, 6.45) is 6.35. The van der Waals surface area contributed by atoms with Crippen molar-refractivity contribution in [2.75, 3.05) is 5.32 Å². The van der Waals surface area contributed by atoms with Gasteiger partial charge < -0.3 is 5.32 Å². The highest BCUT2D eigenvalue weighted by atomic mass is 19.1. The number of halogens is 1. The maximum Gasteiger partial charge on any atom is 0.333 e. The first-order valence-electron chi connectivity index (χ1n) is 11.0. The van der Waals surface area contributed by atoms with Crippen LogP contribution in [-0.2, 0) is 0 Å². The quantitative estimate of drug-likeness (QED) is 0.619. The first-order valence-corrected chi connectivity index (χ1v) is 11.0. The normalized spacial score (nSPS) is 19.0. The van der Waals surface area contributed by atoms with Gasteiger partial charge in [0.25, 0.3) is 0 Å². The number of nitrogens with one attached hydrogen (secondary N) is 1. The van der Waals surface area contributed by atoms with Gasteiger partial charge >= 0.3 is 5.69 Å². The minimum Gasteiger partial charge on any atom is -0.351 e. The molecule has 164 valence electrons. The number of imidazole rings is 1. The van der Waals surface area contributed by atoms with Gasteiger partial charge in [-0.1, -0.05) is 6.92 Å². The van der Waals surface area contributed by atoms with Crippen molar-refractivity contribution in [1.29, 1.82) is 0 Å². The lowest BCUT2D eigenvalue weighted by atomic mass is 9.87. The Kier molecular flexibility index (Phi) is 5.94. The van der Waals surface area contributed by atoms with Gasteiger partial charge in [-0.25, -0.2) is 19.2 Å². The Labute approximate surface area is 182 Å². The van der Waals surface area contributed by atoms with E-state index in [2.05, 4.69) is 17.2 Å². The highest BCUT2D eigenvalue weighted by molar-refractivity contribution is 5.62. The standard InChI is InChI=1S/C24H30FN5O/c1-15(2)29-17(4)22(30(24(29)31)20-11-7-18(25)8-12-20)21-13-14-26-23(28-21)27-19-9-5-16(3)6-10-19/h7-8,11-16,19H,5-6,9-10H2,1-4H3,(H,26,27,28). The van der Waals surface area contributed by atoms with Gasteiger partial charge in [0.15, 0.2) is 0 Å². The smallest absolute Gasteiger partial charge is 0.333 e. The van der Waals surface area contributed by atoms with E-state index in [1.165, 1.54) is 25.0 Å². The topological polar surface area (TPSA) is 64.7 Å². The number of benzene rings is 1. The van der Waals surface area contributed by atoms with Gasteiger partial charge in [-0.15, -0.1) is 0 Å². The van der Waals surface area contributed by atoms with Crippen LogP contribution in [0.2, 0.25) is 0 Å². The molecule has 31 heavy (non-hydrogen) atoms. The van der Waals surface area contributed by atoms with Crippen LogP contribution in [0.1, 0.15) is 58.2 Å². The van der Waals surface area contributed by atoms with Gasteiger partial charge in [-0.3, -0.25) is 9.13 Å². The molecular weight excluding hydrogens is 393 g/mol. The maximum absolute atomic E-state index is 13.5. The minimum absolute atomic E-state index is 0.0170. The van der Waals surface area contributed by atoms with E-state index in [-0.39, 0.29) is 17.5 Å². The Bertz CT molecular complexity index is 1110. The molecule has 0 bridgehead atoms. The lowest BCUT2D eigenvalue weighted by Gasteiger charge is -2.26. The Morgan fingerprint density at radius 3 is 2.42 bits per heavy atom. The predicted molar refractivity (Wildman–Crippen MR) is 121 cm³/mol. The zero-order chi connectivity index (χ0) is 22.1. The summed E-state index contributed by atoms with van der Waals surface area (Å²) in [6, 6.07) is 8.14. The average molecular weight is 424 g/mol. The van der Waals surface area contributed by atoms with Crippen molar-refractivity contribution in [3.05, 3.63) is 58.5 Å². The number of aromatic nitrogens is 4. The lowest BCUT2D eigenvalue weighted by molar-refractivity contribution is 0.360. The van der Waals surface area contributed by atoms with Crippen molar-refractivity contribution in [3.8, 4) is 17.1 Å². The second kappa shape index (κ2) is 8.65. The molecule has 0 unspecified atom stereocenters. The van der Waals surface area contributed by atoms with Gasteiger partial charge in [0.2, 0.25) is 5.95 Å². The largest absolute Gasteiger partial charge is 0.351 e. The molecule has 0 saturated heterocycles.